The lowest BCUT2D eigenvalue weighted by molar-refractivity contribution is -0.141. The molecule has 1 amide bonds. The molecule has 2 fully saturated rings. The van der Waals surface area contributed by atoms with Crippen molar-refractivity contribution >= 4 is 11.6 Å². The van der Waals surface area contributed by atoms with E-state index < -0.39 is 0 Å². The van der Waals surface area contributed by atoms with Gasteiger partial charge in [0, 0.05) is 63.6 Å². The smallest absolute Gasteiger partial charge is 0.254 e. The number of nitrogens with one attached hydrogen (secondary N) is 1. The Kier molecular flexibility index (Phi) is 5.66. The first-order valence-corrected chi connectivity index (χ1v) is 10.2. The average Bonchev–Trinajstić information content (AvgIpc) is 3.06. The van der Waals surface area contributed by atoms with E-state index in [1.165, 1.54) is 5.56 Å². The third kappa shape index (κ3) is 3.71. The van der Waals surface area contributed by atoms with Crippen LogP contribution in [0.1, 0.15) is 41.6 Å². The fourth-order valence-electron chi connectivity index (χ4n) is 4.81. The number of ether oxygens (including phenoxy) is 2. The summed E-state index contributed by atoms with van der Waals surface area (Å²) in [7, 11) is 3.42. The predicted octanol–water partition coefficient (Wildman–Crippen LogP) is 2.23. The molecule has 6 heteroatoms. The first kappa shape index (κ1) is 18.7. The van der Waals surface area contributed by atoms with Gasteiger partial charge in [-0.05, 0) is 49.9 Å². The number of anilines is 1. The third-order valence-electron chi connectivity index (χ3n) is 6.39. The number of piperidine rings is 2. The van der Waals surface area contributed by atoms with Crippen molar-refractivity contribution in [3.05, 3.63) is 29.3 Å². The van der Waals surface area contributed by atoms with Crippen LogP contribution < -0.4 is 10.2 Å². The number of amides is 1. The summed E-state index contributed by atoms with van der Waals surface area (Å²) in [5, 5.41) is 3.42. The summed E-state index contributed by atoms with van der Waals surface area (Å²) in [6, 6.07) is 6.77. The molecule has 1 aromatic carbocycles. The van der Waals surface area contributed by atoms with Crippen LogP contribution in [0.15, 0.2) is 18.2 Å². The summed E-state index contributed by atoms with van der Waals surface area (Å²) in [6.07, 6.45) is 4.21. The maximum absolute atomic E-state index is 13.0. The largest absolute Gasteiger partial charge is 0.371 e. The van der Waals surface area contributed by atoms with Crippen LogP contribution in [0.4, 0.5) is 5.69 Å². The topological polar surface area (TPSA) is 54.0 Å². The molecular weight excluding hydrogens is 342 g/mol. The van der Waals surface area contributed by atoms with E-state index in [0.29, 0.717) is 12.0 Å². The van der Waals surface area contributed by atoms with Gasteiger partial charge < -0.3 is 24.6 Å². The maximum Gasteiger partial charge on any atom is 0.254 e. The van der Waals surface area contributed by atoms with E-state index in [1.54, 1.807) is 14.2 Å². The second-order valence-electron chi connectivity index (χ2n) is 7.94. The Bertz CT molecular complexity index is 663. The second-order valence-corrected chi connectivity index (χ2v) is 7.94. The SMILES string of the molecule is COC(OC)C1CCN(c2ccc3c(c2)C(=O)N(C2CCCNC2)C3)CC1. The van der Waals surface area contributed by atoms with Crippen molar-refractivity contribution in [3.8, 4) is 0 Å². The lowest BCUT2D eigenvalue weighted by Crippen LogP contribution is -2.46. The van der Waals surface area contributed by atoms with Gasteiger partial charge in [0.2, 0.25) is 0 Å². The molecule has 4 rings (SSSR count). The number of carbonyl (C=O) groups is 1. The highest BCUT2D eigenvalue weighted by molar-refractivity contribution is 5.99. The number of rotatable bonds is 5. The quantitative estimate of drug-likeness (QED) is 0.802. The van der Waals surface area contributed by atoms with Crippen LogP contribution in [0.25, 0.3) is 0 Å². The fourth-order valence-corrected chi connectivity index (χ4v) is 4.81. The van der Waals surface area contributed by atoms with Crippen molar-refractivity contribution < 1.29 is 14.3 Å². The van der Waals surface area contributed by atoms with Gasteiger partial charge in [0.05, 0.1) is 0 Å². The molecule has 0 aliphatic carbocycles. The van der Waals surface area contributed by atoms with Gasteiger partial charge in [-0.25, -0.2) is 0 Å². The number of benzene rings is 1. The van der Waals surface area contributed by atoms with Gasteiger partial charge in [-0.2, -0.15) is 0 Å². The first-order valence-electron chi connectivity index (χ1n) is 10.2. The normalized spacial score (nSPS) is 24.0. The van der Waals surface area contributed by atoms with Gasteiger partial charge >= 0.3 is 0 Å². The van der Waals surface area contributed by atoms with Gasteiger partial charge in [-0.1, -0.05) is 6.07 Å². The number of hydrogen-bond acceptors (Lipinski definition) is 5. The maximum atomic E-state index is 13.0. The average molecular weight is 373 g/mol. The minimum Gasteiger partial charge on any atom is -0.371 e. The number of fused-ring (bicyclic) bond motifs is 1. The van der Waals surface area contributed by atoms with Crippen molar-refractivity contribution in [2.75, 3.05) is 45.3 Å². The number of nitrogens with zero attached hydrogens (tertiary/aromatic N) is 2. The highest BCUT2D eigenvalue weighted by Gasteiger charge is 2.34. The van der Waals surface area contributed by atoms with Gasteiger partial charge in [0.15, 0.2) is 6.29 Å². The van der Waals surface area contributed by atoms with E-state index in [0.717, 1.165) is 69.7 Å². The molecule has 1 unspecified atom stereocenters. The van der Waals surface area contributed by atoms with Gasteiger partial charge in [-0.3, -0.25) is 4.79 Å². The lowest BCUT2D eigenvalue weighted by atomic mass is 9.95. The molecule has 0 saturated carbocycles. The van der Waals surface area contributed by atoms with Crippen LogP contribution in [0.3, 0.4) is 0 Å². The fraction of sp³-hybridized carbons (Fsp3) is 0.667. The van der Waals surface area contributed by atoms with Crippen molar-refractivity contribution in [1.29, 1.82) is 0 Å². The molecule has 3 heterocycles. The first-order chi connectivity index (χ1) is 13.2. The molecule has 148 valence electrons. The Morgan fingerprint density at radius 2 is 1.93 bits per heavy atom. The zero-order valence-corrected chi connectivity index (χ0v) is 16.4. The molecular formula is C21H31N3O3. The monoisotopic (exact) mass is 373 g/mol. The van der Waals surface area contributed by atoms with Crippen LogP contribution in [0, 0.1) is 5.92 Å². The third-order valence-corrected chi connectivity index (χ3v) is 6.39. The molecule has 1 atom stereocenters. The molecule has 1 N–H and O–H groups in total. The Labute approximate surface area is 161 Å². The van der Waals surface area contributed by atoms with Gasteiger partial charge in [0.25, 0.3) is 5.91 Å². The van der Waals surface area contributed by atoms with Gasteiger partial charge in [0.1, 0.15) is 0 Å². The molecule has 6 nitrogen and oxygen atoms in total. The zero-order valence-electron chi connectivity index (χ0n) is 16.4. The Balaban J connectivity index is 1.43. The summed E-state index contributed by atoms with van der Waals surface area (Å²) in [6.45, 7) is 4.68. The lowest BCUT2D eigenvalue weighted by Gasteiger charge is -2.36. The van der Waals surface area contributed by atoms with E-state index in [2.05, 4.69) is 33.3 Å². The summed E-state index contributed by atoms with van der Waals surface area (Å²) >= 11 is 0. The van der Waals surface area contributed by atoms with Crippen LogP contribution in [0.2, 0.25) is 0 Å². The van der Waals surface area contributed by atoms with Crippen LogP contribution >= 0.6 is 0 Å². The molecule has 0 radical (unpaired) electrons. The molecule has 0 spiro atoms. The minimum atomic E-state index is -0.119. The van der Waals surface area contributed by atoms with Crippen LogP contribution in [-0.2, 0) is 16.0 Å². The molecule has 2 saturated heterocycles. The molecule has 0 bridgehead atoms. The molecule has 27 heavy (non-hydrogen) atoms. The van der Waals surface area contributed by atoms with E-state index in [1.807, 2.05) is 0 Å². The van der Waals surface area contributed by atoms with Crippen molar-refractivity contribution in [2.45, 2.75) is 44.6 Å². The number of methoxy groups -OCH3 is 2. The van der Waals surface area contributed by atoms with Crippen molar-refractivity contribution in [3.63, 3.8) is 0 Å². The Morgan fingerprint density at radius 3 is 2.59 bits per heavy atom. The molecule has 0 aromatic heterocycles. The van der Waals surface area contributed by atoms with E-state index in [4.69, 9.17) is 9.47 Å². The molecule has 3 aliphatic heterocycles. The highest BCUT2D eigenvalue weighted by atomic mass is 16.7. The van der Waals surface area contributed by atoms with Gasteiger partial charge in [-0.15, -0.1) is 0 Å². The van der Waals surface area contributed by atoms with Crippen LogP contribution in [-0.4, -0.2) is 63.5 Å². The molecule has 3 aliphatic rings. The predicted molar refractivity (Wildman–Crippen MR) is 105 cm³/mol. The number of carbonyl (C=O) groups excluding carboxylic acids is 1. The van der Waals surface area contributed by atoms with Crippen molar-refractivity contribution in [2.24, 2.45) is 5.92 Å². The molecule has 1 aromatic rings. The van der Waals surface area contributed by atoms with Crippen molar-refractivity contribution in [1.82, 2.24) is 10.2 Å². The minimum absolute atomic E-state index is 0.119. The second kappa shape index (κ2) is 8.17. The summed E-state index contributed by atoms with van der Waals surface area (Å²) in [5.41, 5.74) is 3.23. The Hall–Kier alpha value is -1.63. The summed E-state index contributed by atoms with van der Waals surface area (Å²) < 4.78 is 10.9. The van der Waals surface area contributed by atoms with E-state index in [-0.39, 0.29) is 12.2 Å². The van der Waals surface area contributed by atoms with Crippen LogP contribution in [0.5, 0.6) is 0 Å². The highest BCUT2D eigenvalue weighted by Crippen LogP contribution is 2.32. The summed E-state index contributed by atoms with van der Waals surface area (Å²) in [5.74, 6) is 0.635. The Morgan fingerprint density at radius 1 is 1.15 bits per heavy atom. The van der Waals surface area contributed by atoms with E-state index in [9.17, 15) is 4.79 Å². The standard InChI is InChI=1S/C21H31N3O3/c1-26-21(27-2)15-7-10-23(11-8-15)17-6-5-16-14-24(20(25)19(16)12-17)18-4-3-9-22-13-18/h5-6,12,15,18,21-22H,3-4,7-11,13-14H2,1-2H3. The summed E-state index contributed by atoms with van der Waals surface area (Å²) in [4.78, 5) is 17.4. The zero-order chi connectivity index (χ0) is 18.8. The number of hydrogen-bond donors (Lipinski definition) is 1. The van der Waals surface area contributed by atoms with E-state index >= 15 is 0 Å².